The van der Waals surface area contributed by atoms with Gasteiger partial charge in [-0.15, -0.1) is 0 Å². The Morgan fingerprint density at radius 2 is 1.76 bits per heavy atom. The maximum absolute atomic E-state index is 13.2. The van der Waals surface area contributed by atoms with Crippen LogP contribution in [0.25, 0.3) is 6.08 Å². The minimum Gasteiger partial charge on any atom is -0.496 e. The van der Waals surface area contributed by atoms with Gasteiger partial charge < -0.3 is 9.47 Å². The minimum atomic E-state index is -0.566. The average Bonchev–Trinajstić information content (AvgIpc) is 2.82. The predicted molar refractivity (Wildman–Crippen MR) is 139 cm³/mol. The van der Waals surface area contributed by atoms with Gasteiger partial charge in [-0.1, -0.05) is 33.6 Å². The second-order valence-electron chi connectivity index (χ2n) is 7.25. The number of halogens is 2. The molecule has 1 aliphatic heterocycles. The number of nitrogens with one attached hydrogen (secondary N) is 1. The largest absolute Gasteiger partial charge is 0.496 e. The van der Waals surface area contributed by atoms with Crippen LogP contribution < -0.4 is 19.7 Å². The molecule has 0 spiro atoms. The number of thiocarbonyl (C=S) groups is 1. The summed E-state index contributed by atoms with van der Waals surface area (Å²) in [6.07, 6.45) is 1.52. The van der Waals surface area contributed by atoms with Gasteiger partial charge in [0.25, 0.3) is 11.8 Å². The first-order valence-electron chi connectivity index (χ1n) is 10.1. The van der Waals surface area contributed by atoms with Gasteiger partial charge in [-0.25, -0.2) is 0 Å². The third kappa shape index (κ3) is 5.30. The topological polar surface area (TPSA) is 67.9 Å². The summed E-state index contributed by atoms with van der Waals surface area (Å²) in [5, 5.41) is 3.11. The third-order valence-electron chi connectivity index (χ3n) is 5.01. The summed E-state index contributed by atoms with van der Waals surface area (Å²) in [5.74, 6) is 0.230. The molecule has 1 saturated heterocycles. The van der Waals surface area contributed by atoms with E-state index in [1.807, 2.05) is 30.3 Å². The number of nitrogens with zero attached hydrogens (tertiary/aromatic N) is 1. The Kier molecular flexibility index (Phi) is 7.31. The Morgan fingerprint density at radius 1 is 1.06 bits per heavy atom. The van der Waals surface area contributed by atoms with E-state index in [-0.39, 0.29) is 17.3 Å². The fourth-order valence-corrected chi connectivity index (χ4v) is 4.01. The Morgan fingerprint density at radius 3 is 2.44 bits per heavy atom. The smallest absolute Gasteiger partial charge is 0.270 e. The van der Waals surface area contributed by atoms with Crippen LogP contribution in [0.4, 0.5) is 5.69 Å². The van der Waals surface area contributed by atoms with Crippen molar-refractivity contribution in [1.29, 1.82) is 0 Å². The zero-order valence-electron chi connectivity index (χ0n) is 17.9. The van der Waals surface area contributed by atoms with Crippen molar-refractivity contribution in [1.82, 2.24) is 5.32 Å². The number of carbonyl (C=O) groups excluding carboxylic acids is 2. The summed E-state index contributed by atoms with van der Waals surface area (Å²) in [5.41, 5.74) is 1.85. The van der Waals surface area contributed by atoms with Crippen molar-refractivity contribution >= 4 is 68.4 Å². The van der Waals surface area contributed by atoms with Crippen molar-refractivity contribution in [3.63, 3.8) is 0 Å². The number of anilines is 1. The average molecular weight is 558 g/mol. The molecular formula is C25H18BrClN2O4S. The molecule has 1 N–H and O–H groups in total. The monoisotopic (exact) mass is 556 g/mol. The molecular weight excluding hydrogens is 540 g/mol. The number of carbonyl (C=O) groups is 2. The van der Waals surface area contributed by atoms with Crippen molar-refractivity contribution in [3.8, 4) is 11.5 Å². The van der Waals surface area contributed by atoms with E-state index in [2.05, 4.69) is 21.2 Å². The van der Waals surface area contributed by atoms with Gasteiger partial charge in [0.2, 0.25) is 0 Å². The lowest BCUT2D eigenvalue weighted by atomic mass is 10.0. The Bertz CT molecular complexity index is 1290. The molecule has 0 atom stereocenters. The highest BCUT2D eigenvalue weighted by Gasteiger charge is 2.34. The summed E-state index contributed by atoms with van der Waals surface area (Å²) < 4.78 is 12.3. The van der Waals surface area contributed by atoms with Crippen molar-refractivity contribution < 1.29 is 19.1 Å². The first-order chi connectivity index (χ1) is 16.4. The van der Waals surface area contributed by atoms with Gasteiger partial charge in [-0.3, -0.25) is 19.8 Å². The number of amides is 2. The summed E-state index contributed by atoms with van der Waals surface area (Å²) in [4.78, 5) is 27.1. The van der Waals surface area contributed by atoms with Gasteiger partial charge in [-0.2, -0.15) is 0 Å². The highest BCUT2D eigenvalue weighted by atomic mass is 79.9. The zero-order chi connectivity index (χ0) is 24.2. The van der Waals surface area contributed by atoms with E-state index in [4.69, 9.17) is 33.3 Å². The van der Waals surface area contributed by atoms with E-state index in [1.165, 1.54) is 11.0 Å². The molecule has 6 nitrogen and oxygen atoms in total. The lowest BCUT2D eigenvalue weighted by Crippen LogP contribution is -2.54. The highest BCUT2D eigenvalue weighted by Crippen LogP contribution is 2.27. The molecule has 9 heteroatoms. The molecule has 3 aromatic carbocycles. The number of benzene rings is 3. The molecule has 0 unspecified atom stereocenters. The van der Waals surface area contributed by atoms with Gasteiger partial charge in [-0.05, 0) is 84.5 Å². The fraction of sp³-hybridized carbons (Fsp3) is 0.0800. The molecule has 172 valence electrons. The van der Waals surface area contributed by atoms with Gasteiger partial charge in [0, 0.05) is 15.1 Å². The summed E-state index contributed by atoms with van der Waals surface area (Å²) in [6, 6.07) is 19.4. The molecule has 3 aromatic rings. The quantitative estimate of drug-likeness (QED) is 0.246. The molecule has 0 bridgehead atoms. The minimum absolute atomic E-state index is 0.00721. The van der Waals surface area contributed by atoms with Gasteiger partial charge in [0.15, 0.2) is 5.11 Å². The lowest BCUT2D eigenvalue weighted by molar-refractivity contribution is -0.122. The maximum atomic E-state index is 13.2. The van der Waals surface area contributed by atoms with Crippen LogP contribution in [0.15, 0.2) is 76.8 Å². The van der Waals surface area contributed by atoms with E-state index in [1.54, 1.807) is 43.5 Å². The number of hydrogen-bond donors (Lipinski definition) is 1. The van der Waals surface area contributed by atoms with Gasteiger partial charge in [0.1, 0.15) is 23.7 Å². The first-order valence-corrected chi connectivity index (χ1v) is 11.7. The van der Waals surface area contributed by atoms with E-state index in [0.717, 1.165) is 10.0 Å². The summed E-state index contributed by atoms with van der Waals surface area (Å²) in [7, 11) is 1.57. The van der Waals surface area contributed by atoms with Crippen molar-refractivity contribution in [2.24, 2.45) is 0 Å². The molecule has 2 amide bonds. The lowest BCUT2D eigenvalue weighted by Gasteiger charge is -2.29. The normalized spacial score (nSPS) is 14.9. The summed E-state index contributed by atoms with van der Waals surface area (Å²) >= 11 is 14.6. The zero-order valence-corrected chi connectivity index (χ0v) is 21.0. The number of ether oxygens (including phenoxy) is 2. The molecule has 0 radical (unpaired) electrons. The highest BCUT2D eigenvalue weighted by molar-refractivity contribution is 9.10. The Labute approximate surface area is 215 Å². The van der Waals surface area contributed by atoms with Crippen molar-refractivity contribution in [2.75, 3.05) is 12.0 Å². The SMILES string of the molecule is COc1ccc(C=C2C(=O)NC(=S)N(c3ccc(Cl)cc3)C2=O)cc1COc1ccc(Br)cc1. The first kappa shape index (κ1) is 23.9. The molecule has 0 saturated carbocycles. The van der Waals surface area contributed by atoms with Crippen LogP contribution >= 0.6 is 39.7 Å². The molecule has 1 aliphatic rings. The number of hydrogen-bond acceptors (Lipinski definition) is 5. The predicted octanol–water partition coefficient (Wildman–Crippen LogP) is 5.52. The Balaban J connectivity index is 1.62. The van der Waals surface area contributed by atoms with Gasteiger partial charge >= 0.3 is 0 Å². The third-order valence-corrected chi connectivity index (χ3v) is 6.08. The van der Waals surface area contributed by atoms with Crippen LogP contribution in [0.3, 0.4) is 0 Å². The molecule has 34 heavy (non-hydrogen) atoms. The van der Waals surface area contributed by atoms with E-state index in [9.17, 15) is 9.59 Å². The van der Waals surface area contributed by atoms with E-state index in [0.29, 0.717) is 27.8 Å². The van der Waals surface area contributed by atoms with Crippen LogP contribution in [-0.2, 0) is 16.2 Å². The number of rotatable bonds is 6. The van der Waals surface area contributed by atoms with Crippen LogP contribution in [0.5, 0.6) is 11.5 Å². The second kappa shape index (κ2) is 10.4. The van der Waals surface area contributed by atoms with Crippen molar-refractivity contribution in [2.45, 2.75) is 6.61 Å². The second-order valence-corrected chi connectivity index (χ2v) is 8.99. The molecule has 1 fully saturated rings. The molecule has 0 aliphatic carbocycles. The molecule has 1 heterocycles. The van der Waals surface area contributed by atoms with E-state index >= 15 is 0 Å². The summed E-state index contributed by atoms with van der Waals surface area (Å²) in [6.45, 7) is 0.239. The standard InChI is InChI=1S/C25H18BrClN2O4S/c1-32-22-11-2-15(12-16(22)14-33-20-9-3-17(26)4-10-20)13-21-23(30)28-25(34)29(24(21)31)19-7-5-18(27)6-8-19/h2-13H,14H2,1H3,(H,28,30,34). The fourth-order valence-electron chi connectivity index (χ4n) is 3.34. The number of methoxy groups -OCH3 is 1. The van der Waals surface area contributed by atoms with Crippen LogP contribution in [0.1, 0.15) is 11.1 Å². The maximum Gasteiger partial charge on any atom is 0.270 e. The molecule has 0 aromatic heterocycles. The van der Waals surface area contributed by atoms with E-state index < -0.39 is 11.8 Å². The van der Waals surface area contributed by atoms with Crippen LogP contribution in [0.2, 0.25) is 5.02 Å². The van der Waals surface area contributed by atoms with Gasteiger partial charge in [0.05, 0.1) is 12.8 Å². The molecule has 4 rings (SSSR count). The Hall–Kier alpha value is -3.20. The van der Waals surface area contributed by atoms with Crippen LogP contribution in [0, 0.1) is 0 Å². The van der Waals surface area contributed by atoms with Crippen LogP contribution in [-0.4, -0.2) is 24.0 Å². The van der Waals surface area contributed by atoms with Crippen molar-refractivity contribution in [3.05, 3.63) is 92.9 Å².